The number of halogens is 1. The second-order valence-electron chi connectivity index (χ2n) is 7.32. The number of aromatic nitrogens is 3. The molecule has 0 aliphatic heterocycles. The van der Waals surface area contributed by atoms with E-state index in [1.807, 2.05) is 72.8 Å². The number of nitrogens with one attached hydrogen (secondary N) is 1. The molecule has 4 aromatic rings. The molecule has 0 aliphatic rings. The Kier molecular flexibility index (Phi) is 7.25. The van der Waals surface area contributed by atoms with Crippen molar-refractivity contribution in [3.05, 3.63) is 95.0 Å². The van der Waals surface area contributed by atoms with Gasteiger partial charge in [0.1, 0.15) is 11.5 Å². The smallest absolute Gasteiger partial charge is 0.274 e. The first-order valence-corrected chi connectivity index (χ1v) is 10.9. The van der Waals surface area contributed by atoms with Gasteiger partial charge < -0.3 is 14.8 Å². The van der Waals surface area contributed by atoms with Gasteiger partial charge in [-0.2, -0.15) is 9.67 Å². The van der Waals surface area contributed by atoms with Crippen LogP contribution in [0.15, 0.2) is 78.9 Å². The Hall–Kier alpha value is -4.10. The maximum Gasteiger partial charge on any atom is 0.274 e. The molecule has 172 valence electrons. The van der Waals surface area contributed by atoms with Crippen LogP contribution in [-0.2, 0) is 6.54 Å². The van der Waals surface area contributed by atoms with Crippen molar-refractivity contribution in [2.75, 3.05) is 19.5 Å². The van der Waals surface area contributed by atoms with Gasteiger partial charge in [0.2, 0.25) is 5.95 Å². The summed E-state index contributed by atoms with van der Waals surface area (Å²) in [4.78, 5) is 17.6. The van der Waals surface area contributed by atoms with Crippen LogP contribution in [0.25, 0.3) is 17.5 Å². The minimum Gasteiger partial charge on any atom is -0.497 e. The normalized spacial score (nSPS) is 10.9. The molecule has 0 saturated heterocycles. The van der Waals surface area contributed by atoms with Crippen LogP contribution in [-0.4, -0.2) is 34.9 Å². The summed E-state index contributed by atoms with van der Waals surface area (Å²) < 4.78 is 11.6. The Morgan fingerprint density at radius 3 is 2.18 bits per heavy atom. The molecule has 1 heterocycles. The number of benzene rings is 3. The van der Waals surface area contributed by atoms with Gasteiger partial charge >= 0.3 is 0 Å². The molecule has 0 unspecified atom stereocenters. The van der Waals surface area contributed by atoms with Gasteiger partial charge in [-0.25, -0.2) is 0 Å². The lowest BCUT2D eigenvalue weighted by Crippen LogP contribution is -2.14. The van der Waals surface area contributed by atoms with Crippen molar-refractivity contribution in [3.8, 4) is 22.9 Å². The zero-order valence-electron chi connectivity index (χ0n) is 18.7. The van der Waals surface area contributed by atoms with E-state index >= 15 is 0 Å². The molecular weight excluding hydrogens is 452 g/mol. The number of anilines is 1. The molecule has 4 rings (SSSR count). The van der Waals surface area contributed by atoms with Crippen LogP contribution in [0.1, 0.15) is 15.9 Å². The average Bonchev–Trinajstić information content (AvgIpc) is 3.31. The van der Waals surface area contributed by atoms with E-state index in [9.17, 15) is 4.79 Å². The molecule has 0 fully saturated rings. The van der Waals surface area contributed by atoms with Crippen LogP contribution in [0.5, 0.6) is 11.5 Å². The summed E-state index contributed by atoms with van der Waals surface area (Å²) in [7, 11) is 3.21. The van der Waals surface area contributed by atoms with E-state index in [-0.39, 0.29) is 5.91 Å². The summed E-state index contributed by atoms with van der Waals surface area (Å²) in [6.07, 6.45) is 3.18. The first kappa shape index (κ1) is 23.1. The standard InChI is InChI=1S/C26H23ClN4O3/c1-33-22-12-5-18(6-13-22)7-16-24(32)31-26(28-17-19-3-10-21(27)11-4-19)29-25(30-31)20-8-14-23(34-2)15-9-20/h3-16H,17H2,1-2H3,(H,28,29,30). The highest BCUT2D eigenvalue weighted by Gasteiger charge is 2.16. The fraction of sp³-hybridized carbons (Fsp3) is 0.115. The topological polar surface area (TPSA) is 78.3 Å². The van der Waals surface area contributed by atoms with Crippen molar-refractivity contribution >= 4 is 29.5 Å². The Labute approximate surface area is 202 Å². The summed E-state index contributed by atoms with van der Waals surface area (Å²) in [5.41, 5.74) is 2.62. The molecule has 0 atom stereocenters. The lowest BCUT2D eigenvalue weighted by atomic mass is 10.2. The van der Waals surface area contributed by atoms with Crippen LogP contribution in [0.2, 0.25) is 5.02 Å². The predicted octanol–water partition coefficient (Wildman–Crippen LogP) is 5.58. The van der Waals surface area contributed by atoms with E-state index < -0.39 is 0 Å². The Morgan fingerprint density at radius 1 is 0.941 bits per heavy atom. The quantitative estimate of drug-likeness (QED) is 0.336. The number of methoxy groups -OCH3 is 2. The van der Waals surface area contributed by atoms with Gasteiger partial charge in [-0.15, -0.1) is 5.10 Å². The van der Waals surface area contributed by atoms with Gasteiger partial charge in [-0.05, 0) is 65.7 Å². The van der Waals surface area contributed by atoms with E-state index in [1.54, 1.807) is 20.3 Å². The van der Waals surface area contributed by atoms with Gasteiger partial charge in [0.25, 0.3) is 5.91 Å². The maximum absolute atomic E-state index is 13.0. The second kappa shape index (κ2) is 10.7. The van der Waals surface area contributed by atoms with Crippen molar-refractivity contribution in [2.24, 2.45) is 0 Å². The number of ether oxygens (including phenoxy) is 2. The monoisotopic (exact) mass is 474 g/mol. The summed E-state index contributed by atoms with van der Waals surface area (Å²) in [6.45, 7) is 0.452. The molecule has 1 aromatic heterocycles. The number of rotatable bonds is 8. The van der Waals surface area contributed by atoms with E-state index in [2.05, 4.69) is 15.4 Å². The van der Waals surface area contributed by atoms with Crippen molar-refractivity contribution in [3.63, 3.8) is 0 Å². The molecule has 0 aliphatic carbocycles. The van der Waals surface area contributed by atoms with E-state index in [0.717, 1.165) is 28.2 Å². The molecule has 7 nitrogen and oxygen atoms in total. The molecule has 3 aromatic carbocycles. The first-order valence-electron chi connectivity index (χ1n) is 10.5. The lowest BCUT2D eigenvalue weighted by Gasteiger charge is -2.06. The molecule has 1 N–H and O–H groups in total. The minimum absolute atomic E-state index is 0.332. The Bertz CT molecular complexity index is 1280. The molecule has 0 radical (unpaired) electrons. The van der Waals surface area contributed by atoms with Gasteiger partial charge in [-0.1, -0.05) is 35.9 Å². The number of carbonyl (C=O) groups is 1. The average molecular weight is 475 g/mol. The molecule has 8 heteroatoms. The van der Waals surface area contributed by atoms with Gasteiger partial charge in [0.05, 0.1) is 14.2 Å². The van der Waals surface area contributed by atoms with E-state index in [1.165, 1.54) is 10.8 Å². The van der Waals surface area contributed by atoms with Crippen LogP contribution in [0.4, 0.5) is 5.95 Å². The summed E-state index contributed by atoms with van der Waals surface area (Å²) >= 11 is 5.98. The number of carbonyl (C=O) groups excluding carboxylic acids is 1. The van der Waals surface area contributed by atoms with Crippen molar-refractivity contribution in [1.82, 2.24) is 14.8 Å². The summed E-state index contributed by atoms with van der Waals surface area (Å²) in [5, 5.41) is 8.33. The second-order valence-corrected chi connectivity index (χ2v) is 7.76. The van der Waals surface area contributed by atoms with Crippen molar-refractivity contribution in [1.29, 1.82) is 0 Å². The lowest BCUT2D eigenvalue weighted by molar-refractivity contribution is 0.0957. The van der Waals surface area contributed by atoms with Crippen molar-refractivity contribution in [2.45, 2.75) is 6.54 Å². The van der Waals surface area contributed by atoms with Gasteiger partial charge in [0.15, 0.2) is 5.82 Å². The highest BCUT2D eigenvalue weighted by atomic mass is 35.5. The number of hydrogen-bond donors (Lipinski definition) is 1. The van der Waals surface area contributed by atoms with Crippen LogP contribution in [0, 0.1) is 0 Å². The van der Waals surface area contributed by atoms with Crippen LogP contribution in [0.3, 0.4) is 0 Å². The molecule has 0 amide bonds. The molecule has 0 bridgehead atoms. The molecule has 0 spiro atoms. The number of nitrogens with zero attached hydrogens (tertiary/aromatic N) is 3. The third-order valence-electron chi connectivity index (χ3n) is 5.06. The van der Waals surface area contributed by atoms with Gasteiger partial charge in [-0.3, -0.25) is 4.79 Å². The Morgan fingerprint density at radius 2 is 1.56 bits per heavy atom. The van der Waals surface area contributed by atoms with Gasteiger partial charge in [0, 0.05) is 23.2 Å². The largest absolute Gasteiger partial charge is 0.497 e. The third-order valence-corrected chi connectivity index (χ3v) is 5.31. The third kappa shape index (κ3) is 5.63. The number of hydrogen-bond acceptors (Lipinski definition) is 6. The zero-order chi connectivity index (χ0) is 23.9. The Balaban J connectivity index is 1.60. The highest BCUT2D eigenvalue weighted by molar-refractivity contribution is 6.30. The van der Waals surface area contributed by atoms with E-state index in [4.69, 9.17) is 21.1 Å². The molecule has 0 saturated carbocycles. The molecule has 34 heavy (non-hydrogen) atoms. The highest BCUT2D eigenvalue weighted by Crippen LogP contribution is 2.22. The fourth-order valence-electron chi connectivity index (χ4n) is 3.18. The summed E-state index contributed by atoms with van der Waals surface area (Å²) in [6, 6.07) is 22.2. The summed E-state index contributed by atoms with van der Waals surface area (Å²) in [5.74, 6) is 1.90. The first-order chi connectivity index (χ1) is 16.6. The van der Waals surface area contributed by atoms with Crippen LogP contribution < -0.4 is 14.8 Å². The number of allylic oxidation sites excluding steroid dienone is 1. The SMILES string of the molecule is COc1ccc(C=CC(=O)n2nc(-c3ccc(OC)cc3)nc2NCc2ccc(Cl)cc2)cc1. The van der Waals surface area contributed by atoms with Crippen molar-refractivity contribution < 1.29 is 14.3 Å². The fourth-order valence-corrected chi connectivity index (χ4v) is 3.31. The zero-order valence-corrected chi connectivity index (χ0v) is 19.5. The van der Waals surface area contributed by atoms with Crippen LogP contribution >= 0.6 is 11.6 Å². The molecular formula is C26H23ClN4O3. The van der Waals surface area contributed by atoms with E-state index in [0.29, 0.717) is 23.3 Å². The minimum atomic E-state index is -0.332. The predicted molar refractivity (Wildman–Crippen MR) is 133 cm³/mol. The maximum atomic E-state index is 13.0.